The van der Waals surface area contributed by atoms with E-state index in [2.05, 4.69) is 42.8 Å². The fourth-order valence-electron chi connectivity index (χ4n) is 3.73. The van der Waals surface area contributed by atoms with Crippen LogP contribution in [0.4, 0.5) is 0 Å². The molecular weight excluding hydrogens is 224 g/mol. The first-order valence-corrected chi connectivity index (χ1v) is 7.27. The smallest absolute Gasteiger partial charge is 0.0470 e. The summed E-state index contributed by atoms with van der Waals surface area (Å²) in [5, 5.41) is 0. The van der Waals surface area contributed by atoms with Gasteiger partial charge in [0.2, 0.25) is 0 Å². The summed E-state index contributed by atoms with van der Waals surface area (Å²) in [6, 6.07) is 0.655. The van der Waals surface area contributed by atoms with Gasteiger partial charge in [0.1, 0.15) is 0 Å². The first-order valence-electron chi connectivity index (χ1n) is 7.27. The molecule has 0 radical (unpaired) electrons. The normalized spacial score (nSPS) is 39.0. The van der Waals surface area contributed by atoms with Gasteiger partial charge in [-0.15, -0.1) is 0 Å². The van der Waals surface area contributed by atoms with Crippen LogP contribution in [-0.4, -0.2) is 80.1 Å². The summed E-state index contributed by atoms with van der Waals surface area (Å²) < 4.78 is 0. The molecule has 0 aromatic heterocycles. The standard InChI is InChI=1S/C14H30N4/c1-12-7-14(10-15,11-17(12)3)18(4)9-13-5-6-16(2)8-13/h12-13H,5-11,15H2,1-4H3. The molecular formula is C14H30N4. The fraction of sp³-hybridized carbons (Fsp3) is 1.00. The molecule has 0 spiro atoms. The van der Waals surface area contributed by atoms with Gasteiger partial charge in [-0.05, 0) is 53.4 Å². The molecule has 0 aromatic carbocycles. The molecule has 4 nitrogen and oxygen atoms in total. The predicted octanol–water partition coefficient (Wildman–Crippen LogP) is 0.291. The van der Waals surface area contributed by atoms with E-state index in [1.807, 2.05) is 0 Å². The lowest BCUT2D eigenvalue weighted by atomic mass is 9.93. The average molecular weight is 254 g/mol. The zero-order valence-electron chi connectivity index (χ0n) is 12.5. The van der Waals surface area contributed by atoms with Crippen LogP contribution in [0.15, 0.2) is 0 Å². The molecule has 2 N–H and O–H groups in total. The summed E-state index contributed by atoms with van der Waals surface area (Å²) in [4.78, 5) is 7.44. The molecule has 2 fully saturated rings. The van der Waals surface area contributed by atoms with Gasteiger partial charge in [0.25, 0.3) is 0 Å². The Morgan fingerprint density at radius 3 is 2.56 bits per heavy atom. The van der Waals surface area contributed by atoms with Crippen molar-refractivity contribution in [3.05, 3.63) is 0 Å². The maximum Gasteiger partial charge on any atom is 0.0470 e. The third-order valence-corrected chi connectivity index (χ3v) is 5.18. The first kappa shape index (κ1) is 14.3. The van der Waals surface area contributed by atoms with Gasteiger partial charge in [-0.25, -0.2) is 0 Å². The van der Waals surface area contributed by atoms with Gasteiger partial charge in [0.15, 0.2) is 0 Å². The van der Waals surface area contributed by atoms with Crippen LogP contribution in [0.25, 0.3) is 0 Å². The lowest BCUT2D eigenvalue weighted by molar-refractivity contribution is 0.114. The molecule has 106 valence electrons. The summed E-state index contributed by atoms with van der Waals surface area (Å²) in [7, 11) is 6.72. The zero-order chi connectivity index (χ0) is 13.3. The Morgan fingerprint density at radius 1 is 1.39 bits per heavy atom. The molecule has 2 heterocycles. The van der Waals surface area contributed by atoms with Crippen LogP contribution < -0.4 is 5.73 Å². The van der Waals surface area contributed by atoms with Gasteiger partial charge in [-0.2, -0.15) is 0 Å². The van der Waals surface area contributed by atoms with Crippen molar-refractivity contribution in [3.63, 3.8) is 0 Å². The van der Waals surface area contributed by atoms with Crippen molar-refractivity contribution in [1.82, 2.24) is 14.7 Å². The van der Waals surface area contributed by atoms with Crippen LogP contribution in [-0.2, 0) is 0 Å². The summed E-state index contributed by atoms with van der Waals surface area (Å²) in [6.45, 7) is 7.90. The second-order valence-electron chi connectivity index (χ2n) is 6.69. The molecule has 0 aliphatic carbocycles. The quantitative estimate of drug-likeness (QED) is 0.782. The van der Waals surface area contributed by atoms with E-state index in [1.54, 1.807) is 0 Å². The second kappa shape index (κ2) is 5.45. The zero-order valence-corrected chi connectivity index (χ0v) is 12.5. The molecule has 2 aliphatic heterocycles. The van der Waals surface area contributed by atoms with Crippen molar-refractivity contribution in [2.75, 3.05) is 53.9 Å². The second-order valence-corrected chi connectivity index (χ2v) is 6.69. The van der Waals surface area contributed by atoms with E-state index >= 15 is 0 Å². The Balaban J connectivity index is 1.96. The summed E-state index contributed by atoms with van der Waals surface area (Å²) in [5.41, 5.74) is 6.32. The average Bonchev–Trinajstić information content (AvgIpc) is 2.85. The van der Waals surface area contributed by atoms with Crippen molar-refractivity contribution < 1.29 is 0 Å². The van der Waals surface area contributed by atoms with Crippen molar-refractivity contribution in [3.8, 4) is 0 Å². The minimum atomic E-state index is 0.204. The van der Waals surface area contributed by atoms with Crippen LogP contribution in [0.3, 0.4) is 0 Å². The minimum absolute atomic E-state index is 0.204. The number of nitrogens with two attached hydrogens (primary N) is 1. The van der Waals surface area contributed by atoms with E-state index in [0.29, 0.717) is 6.04 Å². The number of rotatable bonds is 4. The number of hydrogen-bond acceptors (Lipinski definition) is 4. The molecule has 3 unspecified atom stereocenters. The molecule has 0 saturated carbocycles. The Kier molecular flexibility index (Phi) is 4.32. The highest BCUT2D eigenvalue weighted by atomic mass is 15.3. The summed E-state index contributed by atoms with van der Waals surface area (Å²) in [5.74, 6) is 0.824. The van der Waals surface area contributed by atoms with Crippen LogP contribution in [0.2, 0.25) is 0 Å². The fourth-order valence-corrected chi connectivity index (χ4v) is 3.73. The maximum atomic E-state index is 6.12. The third-order valence-electron chi connectivity index (χ3n) is 5.18. The van der Waals surface area contributed by atoms with Gasteiger partial charge in [-0.3, -0.25) is 4.90 Å². The molecule has 4 heteroatoms. The van der Waals surface area contributed by atoms with Gasteiger partial charge in [-0.1, -0.05) is 0 Å². The highest BCUT2D eigenvalue weighted by molar-refractivity contribution is 5.02. The van der Waals surface area contributed by atoms with Crippen LogP contribution >= 0.6 is 0 Å². The first-order chi connectivity index (χ1) is 8.47. The molecule has 2 saturated heterocycles. The Morgan fingerprint density at radius 2 is 2.11 bits per heavy atom. The summed E-state index contributed by atoms with van der Waals surface area (Å²) >= 11 is 0. The molecule has 0 amide bonds. The predicted molar refractivity (Wildman–Crippen MR) is 76.7 cm³/mol. The number of hydrogen-bond donors (Lipinski definition) is 1. The lowest BCUT2D eigenvalue weighted by Crippen LogP contribution is -2.55. The van der Waals surface area contributed by atoms with E-state index in [0.717, 1.165) is 19.0 Å². The Hall–Kier alpha value is -0.160. The van der Waals surface area contributed by atoms with E-state index in [4.69, 9.17) is 5.73 Å². The molecule has 0 aromatic rings. The van der Waals surface area contributed by atoms with Crippen molar-refractivity contribution in [1.29, 1.82) is 0 Å². The largest absolute Gasteiger partial charge is 0.329 e. The Labute approximate surface area is 112 Å². The van der Waals surface area contributed by atoms with Gasteiger partial charge < -0.3 is 15.5 Å². The van der Waals surface area contributed by atoms with E-state index in [-0.39, 0.29) is 5.54 Å². The molecule has 3 atom stereocenters. The molecule has 2 rings (SSSR count). The molecule has 18 heavy (non-hydrogen) atoms. The van der Waals surface area contributed by atoms with Crippen LogP contribution in [0, 0.1) is 5.92 Å². The van der Waals surface area contributed by atoms with Crippen molar-refractivity contribution in [2.24, 2.45) is 11.7 Å². The SMILES string of the molecule is CC1CC(CN)(N(C)CC2CCN(C)C2)CN1C. The summed E-state index contributed by atoms with van der Waals surface area (Å²) in [6.07, 6.45) is 2.55. The number of likely N-dealkylation sites (tertiary alicyclic amines) is 2. The maximum absolute atomic E-state index is 6.12. The van der Waals surface area contributed by atoms with Crippen LogP contribution in [0.5, 0.6) is 0 Å². The Bertz CT molecular complexity index is 271. The number of nitrogens with zero attached hydrogens (tertiary/aromatic N) is 3. The van der Waals surface area contributed by atoms with Crippen LogP contribution in [0.1, 0.15) is 19.8 Å². The van der Waals surface area contributed by atoms with E-state index < -0.39 is 0 Å². The lowest BCUT2D eigenvalue weighted by Gasteiger charge is -2.39. The van der Waals surface area contributed by atoms with Crippen molar-refractivity contribution in [2.45, 2.75) is 31.3 Å². The highest BCUT2D eigenvalue weighted by Crippen LogP contribution is 2.31. The molecule has 2 aliphatic rings. The van der Waals surface area contributed by atoms with Crippen molar-refractivity contribution >= 4 is 0 Å². The van der Waals surface area contributed by atoms with E-state index in [1.165, 1.54) is 32.5 Å². The highest BCUT2D eigenvalue weighted by Gasteiger charge is 2.43. The van der Waals surface area contributed by atoms with Gasteiger partial charge >= 0.3 is 0 Å². The monoisotopic (exact) mass is 254 g/mol. The molecule has 0 bridgehead atoms. The van der Waals surface area contributed by atoms with E-state index in [9.17, 15) is 0 Å². The van der Waals surface area contributed by atoms with Gasteiger partial charge in [0, 0.05) is 37.8 Å². The number of likely N-dealkylation sites (N-methyl/N-ethyl adjacent to an activating group) is 2. The minimum Gasteiger partial charge on any atom is -0.329 e. The van der Waals surface area contributed by atoms with Gasteiger partial charge in [0.05, 0.1) is 0 Å². The topological polar surface area (TPSA) is 35.7 Å². The third kappa shape index (κ3) is 2.72.